The van der Waals surface area contributed by atoms with Crippen molar-refractivity contribution in [3.8, 4) is 0 Å². The van der Waals surface area contributed by atoms with E-state index in [2.05, 4.69) is 9.97 Å². The molecule has 2 aromatic rings. The highest BCUT2D eigenvalue weighted by atomic mass is 16.6. The van der Waals surface area contributed by atoms with Gasteiger partial charge >= 0.3 is 0 Å². The van der Waals surface area contributed by atoms with Crippen LogP contribution in [0.4, 0.5) is 5.82 Å². The Hall–Kier alpha value is -1.70. The Morgan fingerprint density at radius 2 is 2.37 bits per heavy atom. The molecule has 19 heavy (non-hydrogen) atoms. The van der Waals surface area contributed by atoms with Crippen LogP contribution >= 0.6 is 0 Å². The molecule has 7 nitrogen and oxygen atoms in total. The minimum absolute atomic E-state index is 0.235. The van der Waals surface area contributed by atoms with Gasteiger partial charge in [-0.1, -0.05) is 0 Å². The number of aliphatic hydroxyl groups excluding tert-OH is 2. The Kier molecular flexibility index (Phi) is 2.70. The number of hydrogen-bond donors (Lipinski definition) is 3. The highest BCUT2D eigenvalue weighted by Gasteiger charge is 2.44. The minimum atomic E-state index is -0.945. The maximum Gasteiger partial charge on any atom is 0.147 e. The molecular weight excluding hydrogens is 248 g/mol. The van der Waals surface area contributed by atoms with Crippen molar-refractivity contribution in [3.63, 3.8) is 0 Å². The number of fused-ring (bicyclic) bond motifs is 1. The van der Waals surface area contributed by atoms with Crippen LogP contribution in [0.1, 0.15) is 19.6 Å². The van der Waals surface area contributed by atoms with E-state index in [1.807, 2.05) is 6.07 Å². The van der Waals surface area contributed by atoms with E-state index in [0.29, 0.717) is 17.9 Å². The first-order valence-corrected chi connectivity index (χ1v) is 6.09. The molecule has 3 atom stereocenters. The second-order valence-corrected chi connectivity index (χ2v) is 5.01. The lowest BCUT2D eigenvalue weighted by Gasteiger charge is -2.25. The molecule has 0 aromatic carbocycles. The molecule has 0 bridgehead atoms. The molecule has 0 amide bonds. The van der Waals surface area contributed by atoms with E-state index in [1.165, 1.54) is 6.33 Å². The van der Waals surface area contributed by atoms with Gasteiger partial charge in [0.1, 0.15) is 29.6 Å². The fourth-order valence-electron chi connectivity index (χ4n) is 2.41. The third-order valence-electron chi connectivity index (χ3n) is 3.70. The van der Waals surface area contributed by atoms with Gasteiger partial charge in [-0.25, -0.2) is 9.97 Å². The Labute approximate surface area is 109 Å². The van der Waals surface area contributed by atoms with E-state index in [1.54, 1.807) is 17.7 Å². The van der Waals surface area contributed by atoms with Crippen LogP contribution in [-0.4, -0.2) is 43.1 Å². The van der Waals surface area contributed by atoms with Gasteiger partial charge in [-0.05, 0) is 13.0 Å². The van der Waals surface area contributed by atoms with Crippen LogP contribution in [0.5, 0.6) is 0 Å². The zero-order valence-electron chi connectivity index (χ0n) is 10.5. The van der Waals surface area contributed by atoms with Gasteiger partial charge in [0, 0.05) is 12.6 Å². The van der Waals surface area contributed by atoms with E-state index >= 15 is 0 Å². The highest BCUT2D eigenvalue weighted by Crippen LogP contribution is 2.37. The maximum atomic E-state index is 9.99. The number of aromatic nitrogens is 3. The number of aliphatic hydroxyl groups is 2. The van der Waals surface area contributed by atoms with Crippen molar-refractivity contribution >= 4 is 16.9 Å². The average Bonchev–Trinajstić information content (AvgIpc) is 2.94. The first kappa shape index (κ1) is 12.3. The van der Waals surface area contributed by atoms with Crippen LogP contribution in [0.2, 0.25) is 0 Å². The molecular formula is C12H16N4O3. The summed E-state index contributed by atoms with van der Waals surface area (Å²) in [6, 6.07) is 1.81. The van der Waals surface area contributed by atoms with Crippen molar-refractivity contribution in [1.82, 2.24) is 14.5 Å². The normalized spacial score (nSPS) is 31.1. The quantitative estimate of drug-likeness (QED) is 0.707. The van der Waals surface area contributed by atoms with Crippen LogP contribution in [0.15, 0.2) is 18.6 Å². The summed E-state index contributed by atoms with van der Waals surface area (Å²) in [5, 5.41) is 20.1. The second-order valence-electron chi connectivity index (χ2n) is 5.01. The SMILES string of the molecule is CC1(CO)OC(n2ccc3c(N)ncnc32)CC1O. The van der Waals surface area contributed by atoms with Crippen molar-refractivity contribution < 1.29 is 14.9 Å². The number of nitrogen functional groups attached to an aromatic ring is 1. The zero-order chi connectivity index (χ0) is 13.6. The Morgan fingerprint density at radius 3 is 3.05 bits per heavy atom. The van der Waals surface area contributed by atoms with Gasteiger partial charge in [0.05, 0.1) is 18.1 Å². The molecule has 7 heteroatoms. The molecule has 1 saturated heterocycles. The van der Waals surface area contributed by atoms with Gasteiger partial charge in [0.25, 0.3) is 0 Å². The number of anilines is 1. The van der Waals surface area contributed by atoms with Crippen LogP contribution in [0.25, 0.3) is 11.0 Å². The number of rotatable bonds is 2. The zero-order valence-corrected chi connectivity index (χ0v) is 10.5. The third kappa shape index (κ3) is 1.78. The number of ether oxygens (including phenoxy) is 1. The third-order valence-corrected chi connectivity index (χ3v) is 3.70. The summed E-state index contributed by atoms with van der Waals surface area (Å²) in [5.74, 6) is 0.409. The summed E-state index contributed by atoms with van der Waals surface area (Å²) in [4.78, 5) is 8.12. The first-order valence-electron chi connectivity index (χ1n) is 6.09. The Morgan fingerprint density at radius 1 is 1.58 bits per heavy atom. The predicted octanol–water partition coefficient (Wildman–Crippen LogP) is 0.0443. The van der Waals surface area contributed by atoms with Gasteiger partial charge in [-0.3, -0.25) is 0 Å². The Balaban J connectivity index is 2.01. The van der Waals surface area contributed by atoms with E-state index in [-0.39, 0.29) is 12.8 Å². The lowest BCUT2D eigenvalue weighted by molar-refractivity contribution is -0.114. The second kappa shape index (κ2) is 4.16. The summed E-state index contributed by atoms with van der Waals surface area (Å²) < 4.78 is 7.57. The Bertz CT molecular complexity index is 614. The topological polar surface area (TPSA) is 106 Å². The van der Waals surface area contributed by atoms with Crippen LogP contribution in [0, 0.1) is 0 Å². The van der Waals surface area contributed by atoms with Gasteiger partial charge < -0.3 is 25.3 Å². The molecule has 0 saturated carbocycles. The maximum absolute atomic E-state index is 9.99. The van der Waals surface area contributed by atoms with Gasteiger partial charge in [-0.15, -0.1) is 0 Å². The summed E-state index contributed by atoms with van der Waals surface area (Å²) in [6.07, 6.45) is 2.49. The van der Waals surface area contributed by atoms with Gasteiger partial charge in [-0.2, -0.15) is 0 Å². The molecule has 102 valence electrons. The van der Waals surface area contributed by atoms with Crippen molar-refractivity contribution in [2.24, 2.45) is 0 Å². The fraction of sp³-hybridized carbons (Fsp3) is 0.500. The average molecular weight is 264 g/mol. The molecule has 3 rings (SSSR count). The summed E-state index contributed by atoms with van der Waals surface area (Å²) >= 11 is 0. The minimum Gasteiger partial charge on any atom is -0.393 e. The van der Waals surface area contributed by atoms with Gasteiger partial charge in [0.15, 0.2) is 0 Å². The monoisotopic (exact) mass is 264 g/mol. The largest absolute Gasteiger partial charge is 0.393 e. The molecule has 3 heterocycles. The molecule has 0 spiro atoms. The highest BCUT2D eigenvalue weighted by molar-refractivity contribution is 5.86. The molecule has 1 aliphatic rings. The van der Waals surface area contributed by atoms with E-state index in [4.69, 9.17) is 10.5 Å². The van der Waals surface area contributed by atoms with Crippen molar-refractivity contribution in [2.75, 3.05) is 12.3 Å². The number of hydrogen-bond acceptors (Lipinski definition) is 6. The molecule has 3 unspecified atom stereocenters. The van der Waals surface area contributed by atoms with E-state index in [0.717, 1.165) is 5.39 Å². The predicted molar refractivity (Wildman–Crippen MR) is 68.2 cm³/mol. The fourth-order valence-corrected chi connectivity index (χ4v) is 2.41. The van der Waals surface area contributed by atoms with Crippen LogP contribution in [0.3, 0.4) is 0 Å². The molecule has 0 aliphatic carbocycles. The summed E-state index contributed by atoms with van der Waals surface area (Å²) in [5.41, 5.74) is 5.49. The van der Waals surface area contributed by atoms with Crippen LogP contribution < -0.4 is 5.73 Å². The number of nitrogens with zero attached hydrogens (tertiary/aromatic N) is 3. The molecule has 2 aromatic heterocycles. The number of nitrogens with two attached hydrogens (primary N) is 1. The van der Waals surface area contributed by atoms with E-state index < -0.39 is 11.7 Å². The standard InChI is InChI=1S/C12H16N4O3/c1-12(5-17)8(18)4-9(19-12)16-3-2-7-10(13)14-6-15-11(7)16/h2-3,6,8-9,17-18H,4-5H2,1H3,(H2,13,14,15). The van der Waals surface area contributed by atoms with E-state index in [9.17, 15) is 10.2 Å². The lowest BCUT2D eigenvalue weighted by atomic mass is 10.0. The molecule has 0 radical (unpaired) electrons. The van der Waals surface area contributed by atoms with Crippen LogP contribution in [-0.2, 0) is 4.74 Å². The first-order chi connectivity index (χ1) is 9.05. The smallest absolute Gasteiger partial charge is 0.147 e. The molecule has 1 fully saturated rings. The van der Waals surface area contributed by atoms with Crippen molar-refractivity contribution in [2.45, 2.75) is 31.3 Å². The summed E-state index contributed by atoms with van der Waals surface area (Å²) in [7, 11) is 0. The lowest BCUT2D eigenvalue weighted by Crippen LogP contribution is -2.39. The molecule has 1 aliphatic heterocycles. The van der Waals surface area contributed by atoms with Crippen molar-refractivity contribution in [3.05, 3.63) is 18.6 Å². The molecule has 4 N–H and O–H groups in total. The summed E-state index contributed by atoms with van der Waals surface area (Å²) in [6.45, 7) is 1.45. The van der Waals surface area contributed by atoms with Crippen molar-refractivity contribution in [1.29, 1.82) is 0 Å². The van der Waals surface area contributed by atoms with Gasteiger partial charge in [0.2, 0.25) is 0 Å².